The first-order valence-electron chi connectivity index (χ1n) is 5.30. The SMILES string of the molecule is CC1CCOC1C(=O)Cc1ccncc1. The third-order valence-electron chi connectivity index (χ3n) is 2.83. The molecule has 2 rings (SSSR count). The van der Waals surface area contributed by atoms with Crippen molar-refractivity contribution in [2.24, 2.45) is 5.92 Å². The number of rotatable bonds is 3. The Morgan fingerprint density at radius 3 is 2.87 bits per heavy atom. The fraction of sp³-hybridized carbons (Fsp3) is 0.500. The van der Waals surface area contributed by atoms with Crippen LogP contribution in [0.15, 0.2) is 24.5 Å². The molecular weight excluding hydrogens is 190 g/mol. The Kier molecular flexibility index (Phi) is 3.11. The Hall–Kier alpha value is -1.22. The van der Waals surface area contributed by atoms with Gasteiger partial charge in [-0.1, -0.05) is 6.92 Å². The number of ketones is 1. The van der Waals surface area contributed by atoms with Crippen LogP contribution in [-0.2, 0) is 16.0 Å². The summed E-state index contributed by atoms with van der Waals surface area (Å²) in [5, 5.41) is 0. The molecule has 1 aromatic rings. The number of carbonyl (C=O) groups is 1. The zero-order chi connectivity index (χ0) is 10.7. The van der Waals surface area contributed by atoms with Gasteiger partial charge in [0, 0.05) is 25.4 Å². The molecule has 3 heteroatoms. The van der Waals surface area contributed by atoms with Crippen molar-refractivity contribution in [3.05, 3.63) is 30.1 Å². The summed E-state index contributed by atoms with van der Waals surface area (Å²) in [5.41, 5.74) is 1.01. The van der Waals surface area contributed by atoms with E-state index in [9.17, 15) is 4.79 Å². The predicted molar refractivity (Wildman–Crippen MR) is 56.5 cm³/mol. The Labute approximate surface area is 89.5 Å². The van der Waals surface area contributed by atoms with E-state index in [1.807, 2.05) is 12.1 Å². The number of hydrogen-bond donors (Lipinski definition) is 0. The summed E-state index contributed by atoms with van der Waals surface area (Å²) in [6.45, 7) is 2.79. The first-order valence-corrected chi connectivity index (χ1v) is 5.30. The van der Waals surface area contributed by atoms with Gasteiger partial charge in [-0.2, -0.15) is 0 Å². The molecule has 0 amide bonds. The van der Waals surface area contributed by atoms with Crippen LogP contribution in [0.3, 0.4) is 0 Å². The summed E-state index contributed by atoms with van der Waals surface area (Å²) in [7, 11) is 0. The third-order valence-corrected chi connectivity index (χ3v) is 2.83. The summed E-state index contributed by atoms with van der Waals surface area (Å²) in [6.07, 6.45) is 4.67. The van der Waals surface area contributed by atoms with Crippen LogP contribution in [0.1, 0.15) is 18.9 Å². The summed E-state index contributed by atoms with van der Waals surface area (Å²) in [5.74, 6) is 0.547. The number of aromatic nitrogens is 1. The second kappa shape index (κ2) is 4.53. The van der Waals surface area contributed by atoms with Gasteiger partial charge >= 0.3 is 0 Å². The van der Waals surface area contributed by atoms with E-state index in [-0.39, 0.29) is 11.9 Å². The molecule has 1 aliphatic heterocycles. The Morgan fingerprint density at radius 2 is 2.27 bits per heavy atom. The maximum absolute atomic E-state index is 11.9. The van der Waals surface area contributed by atoms with Crippen molar-refractivity contribution in [2.75, 3.05) is 6.61 Å². The average Bonchev–Trinajstić information content (AvgIpc) is 2.66. The lowest BCUT2D eigenvalue weighted by Gasteiger charge is -2.12. The molecule has 0 saturated carbocycles. The molecule has 0 spiro atoms. The highest BCUT2D eigenvalue weighted by molar-refractivity contribution is 5.85. The van der Waals surface area contributed by atoms with Gasteiger partial charge in [0.25, 0.3) is 0 Å². The number of ether oxygens (including phenoxy) is 1. The first kappa shape index (κ1) is 10.3. The van der Waals surface area contributed by atoms with Gasteiger partial charge in [0.1, 0.15) is 6.10 Å². The minimum absolute atomic E-state index is 0.186. The van der Waals surface area contributed by atoms with Crippen LogP contribution in [-0.4, -0.2) is 23.5 Å². The number of carbonyl (C=O) groups excluding carboxylic acids is 1. The summed E-state index contributed by atoms with van der Waals surface area (Å²) in [6, 6.07) is 3.75. The standard InChI is InChI=1S/C12H15NO2/c1-9-4-7-15-12(9)11(14)8-10-2-5-13-6-3-10/h2-3,5-6,9,12H,4,7-8H2,1H3. The van der Waals surface area contributed by atoms with Gasteiger partial charge in [0.2, 0.25) is 0 Å². The van der Waals surface area contributed by atoms with E-state index in [1.165, 1.54) is 0 Å². The zero-order valence-electron chi connectivity index (χ0n) is 8.85. The molecule has 0 aliphatic carbocycles. The van der Waals surface area contributed by atoms with Crippen LogP contribution in [0.2, 0.25) is 0 Å². The quantitative estimate of drug-likeness (QED) is 0.752. The van der Waals surface area contributed by atoms with Gasteiger partial charge in [-0.3, -0.25) is 9.78 Å². The zero-order valence-corrected chi connectivity index (χ0v) is 8.85. The Balaban J connectivity index is 1.98. The van der Waals surface area contributed by atoms with Gasteiger partial charge in [0.15, 0.2) is 5.78 Å². The molecular formula is C12H15NO2. The smallest absolute Gasteiger partial charge is 0.166 e. The highest BCUT2D eigenvalue weighted by Crippen LogP contribution is 2.21. The fourth-order valence-corrected chi connectivity index (χ4v) is 1.91. The number of Topliss-reactive ketones (excluding diaryl/α,β-unsaturated/α-hetero) is 1. The molecule has 2 heterocycles. The van der Waals surface area contributed by atoms with Crippen LogP contribution < -0.4 is 0 Å². The van der Waals surface area contributed by atoms with E-state index in [0.29, 0.717) is 18.9 Å². The van der Waals surface area contributed by atoms with Crippen molar-refractivity contribution in [2.45, 2.75) is 25.9 Å². The topological polar surface area (TPSA) is 39.2 Å². The molecule has 0 aromatic carbocycles. The molecule has 2 atom stereocenters. The predicted octanol–water partition coefficient (Wildman–Crippen LogP) is 1.62. The highest BCUT2D eigenvalue weighted by atomic mass is 16.5. The minimum Gasteiger partial charge on any atom is -0.370 e. The second-order valence-corrected chi connectivity index (χ2v) is 4.06. The lowest BCUT2D eigenvalue weighted by molar-refractivity contribution is -0.128. The fourth-order valence-electron chi connectivity index (χ4n) is 1.91. The summed E-state index contributed by atoms with van der Waals surface area (Å²) in [4.78, 5) is 15.8. The van der Waals surface area contributed by atoms with Crippen LogP contribution >= 0.6 is 0 Å². The first-order chi connectivity index (χ1) is 7.27. The van der Waals surface area contributed by atoms with Gasteiger partial charge in [0.05, 0.1) is 0 Å². The lowest BCUT2D eigenvalue weighted by Crippen LogP contribution is -2.26. The van der Waals surface area contributed by atoms with Crippen LogP contribution in [0.25, 0.3) is 0 Å². The van der Waals surface area contributed by atoms with Crippen molar-refractivity contribution in [1.29, 1.82) is 0 Å². The van der Waals surface area contributed by atoms with E-state index in [0.717, 1.165) is 12.0 Å². The Morgan fingerprint density at radius 1 is 1.53 bits per heavy atom. The lowest BCUT2D eigenvalue weighted by atomic mass is 9.97. The van der Waals surface area contributed by atoms with E-state index in [1.54, 1.807) is 12.4 Å². The van der Waals surface area contributed by atoms with Crippen molar-refractivity contribution in [3.63, 3.8) is 0 Å². The summed E-state index contributed by atoms with van der Waals surface area (Å²) >= 11 is 0. The van der Waals surface area contributed by atoms with Crippen LogP contribution in [0.4, 0.5) is 0 Å². The number of hydrogen-bond acceptors (Lipinski definition) is 3. The Bertz CT molecular complexity index is 337. The van der Waals surface area contributed by atoms with Crippen LogP contribution in [0.5, 0.6) is 0 Å². The van der Waals surface area contributed by atoms with Crippen molar-refractivity contribution >= 4 is 5.78 Å². The van der Waals surface area contributed by atoms with Gasteiger partial charge in [-0.15, -0.1) is 0 Å². The maximum Gasteiger partial charge on any atom is 0.166 e. The molecule has 1 saturated heterocycles. The molecule has 15 heavy (non-hydrogen) atoms. The van der Waals surface area contributed by atoms with Gasteiger partial charge < -0.3 is 4.74 Å². The van der Waals surface area contributed by atoms with E-state index < -0.39 is 0 Å². The molecule has 0 bridgehead atoms. The van der Waals surface area contributed by atoms with E-state index in [2.05, 4.69) is 11.9 Å². The molecule has 1 fully saturated rings. The molecule has 1 aliphatic rings. The number of nitrogens with zero attached hydrogens (tertiary/aromatic N) is 1. The molecule has 3 nitrogen and oxygen atoms in total. The minimum atomic E-state index is -0.196. The maximum atomic E-state index is 11.9. The van der Waals surface area contributed by atoms with Gasteiger partial charge in [-0.05, 0) is 30.0 Å². The normalized spacial score (nSPS) is 25.4. The van der Waals surface area contributed by atoms with E-state index in [4.69, 9.17) is 4.74 Å². The van der Waals surface area contributed by atoms with E-state index >= 15 is 0 Å². The highest BCUT2D eigenvalue weighted by Gasteiger charge is 2.30. The second-order valence-electron chi connectivity index (χ2n) is 4.06. The van der Waals surface area contributed by atoms with Gasteiger partial charge in [-0.25, -0.2) is 0 Å². The van der Waals surface area contributed by atoms with Crippen molar-refractivity contribution in [3.8, 4) is 0 Å². The molecule has 2 unspecified atom stereocenters. The van der Waals surface area contributed by atoms with Crippen molar-refractivity contribution < 1.29 is 9.53 Å². The third kappa shape index (κ3) is 2.42. The monoisotopic (exact) mass is 205 g/mol. The largest absolute Gasteiger partial charge is 0.370 e. The molecule has 80 valence electrons. The van der Waals surface area contributed by atoms with Crippen LogP contribution in [0, 0.1) is 5.92 Å². The molecule has 0 N–H and O–H groups in total. The average molecular weight is 205 g/mol. The molecule has 1 aromatic heterocycles. The summed E-state index contributed by atoms with van der Waals surface area (Å²) < 4.78 is 5.43. The molecule has 0 radical (unpaired) electrons. The van der Waals surface area contributed by atoms with Crippen molar-refractivity contribution in [1.82, 2.24) is 4.98 Å². The number of pyridine rings is 1.